The van der Waals surface area contributed by atoms with Crippen molar-refractivity contribution >= 4 is 27.1 Å². The molecule has 9 nitrogen and oxygen atoms in total. The highest BCUT2D eigenvalue weighted by Gasteiger charge is 2.15. The number of fused-ring (bicyclic) bond motifs is 2. The average Bonchev–Trinajstić information content (AvgIpc) is 3.10. The van der Waals surface area contributed by atoms with Crippen LogP contribution in [0, 0.1) is 6.92 Å². The van der Waals surface area contributed by atoms with Crippen molar-refractivity contribution in [3.05, 3.63) is 46.6 Å². The van der Waals surface area contributed by atoms with Gasteiger partial charge in [-0.1, -0.05) is 0 Å². The first-order valence-corrected chi connectivity index (χ1v) is 8.23. The fourth-order valence-electron chi connectivity index (χ4n) is 2.41. The largest absolute Gasteiger partial charge is 0.428 e. The van der Waals surface area contributed by atoms with Crippen molar-refractivity contribution in [2.45, 2.75) is 11.8 Å². The molecule has 24 heavy (non-hydrogen) atoms. The molecule has 122 valence electrons. The van der Waals surface area contributed by atoms with E-state index in [-0.39, 0.29) is 27.5 Å². The third kappa shape index (κ3) is 2.20. The standard InChI is InChI=1S/C14H10N4O5S/c1-7-6-18-13(19)10-12(17-14(18)23-7)16-11(15-10)8-2-4-9(5-3-8)24(20,21)22/h2-6H,1H3,(H,15,16)(H,20,21,22). The van der Waals surface area contributed by atoms with E-state index in [9.17, 15) is 13.2 Å². The number of oxazole rings is 1. The predicted octanol–water partition coefficient (Wildman–Crippen LogP) is 1.39. The molecule has 0 aliphatic carbocycles. The summed E-state index contributed by atoms with van der Waals surface area (Å²) < 4.78 is 37.7. The lowest BCUT2D eigenvalue weighted by Gasteiger charge is -1.98. The average molecular weight is 346 g/mol. The highest BCUT2D eigenvalue weighted by Crippen LogP contribution is 2.20. The first kappa shape index (κ1) is 14.6. The van der Waals surface area contributed by atoms with Crippen LogP contribution in [-0.2, 0) is 10.1 Å². The zero-order valence-corrected chi connectivity index (χ0v) is 13.0. The van der Waals surface area contributed by atoms with Crippen LogP contribution in [-0.4, -0.2) is 32.3 Å². The fourth-order valence-corrected chi connectivity index (χ4v) is 2.89. The van der Waals surface area contributed by atoms with Gasteiger partial charge in [0.1, 0.15) is 11.6 Å². The third-order valence-corrected chi connectivity index (χ3v) is 4.38. The molecule has 0 radical (unpaired) electrons. The second kappa shape index (κ2) is 4.76. The van der Waals surface area contributed by atoms with Crippen molar-refractivity contribution in [1.82, 2.24) is 19.4 Å². The van der Waals surface area contributed by atoms with E-state index in [0.717, 1.165) is 0 Å². The van der Waals surface area contributed by atoms with Crippen LogP contribution < -0.4 is 5.56 Å². The van der Waals surface area contributed by atoms with E-state index in [0.29, 0.717) is 17.1 Å². The van der Waals surface area contributed by atoms with Crippen LogP contribution in [0.25, 0.3) is 28.4 Å². The molecule has 0 atom stereocenters. The molecule has 0 saturated heterocycles. The zero-order chi connectivity index (χ0) is 17.1. The fraction of sp³-hybridized carbons (Fsp3) is 0.0714. The molecule has 2 N–H and O–H groups in total. The molecule has 3 aromatic heterocycles. The molecule has 4 rings (SSSR count). The van der Waals surface area contributed by atoms with Gasteiger partial charge in [0.05, 0.1) is 11.1 Å². The number of rotatable bonds is 2. The van der Waals surface area contributed by atoms with Gasteiger partial charge in [0.15, 0.2) is 11.2 Å². The summed E-state index contributed by atoms with van der Waals surface area (Å²) in [6, 6.07) is 5.42. The number of aryl methyl sites for hydroxylation is 1. The van der Waals surface area contributed by atoms with Crippen molar-refractivity contribution < 1.29 is 17.4 Å². The molecule has 1 aromatic carbocycles. The highest BCUT2D eigenvalue weighted by atomic mass is 32.2. The number of imidazole rings is 1. The monoisotopic (exact) mass is 346 g/mol. The molecule has 0 unspecified atom stereocenters. The molecule has 0 aliphatic rings. The van der Waals surface area contributed by atoms with Gasteiger partial charge in [-0.2, -0.15) is 13.4 Å². The summed E-state index contributed by atoms with van der Waals surface area (Å²) in [5.41, 5.74) is 0.600. The molecule has 0 saturated carbocycles. The maximum atomic E-state index is 12.4. The number of hydrogen-bond donors (Lipinski definition) is 2. The van der Waals surface area contributed by atoms with Gasteiger partial charge < -0.3 is 9.40 Å². The Labute approximate surface area is 134 Å². The number of benzene rings is 1. The Morgan fingerprint density at radius 3 is 2.58 bits per heavy atom. The van der Waals surface area contributed by atoms with Gasteiger partial charge in [-0.25, -0.2) is 9.38 Å². The molecule has 3 heterocycles. The van der Waals surface area contributed by atoms with Gasteiger partial charge in [-0.3, -0.25) is 9.35 Å². The number of nitrogens with one attached hydrogen (secondary N) is 1. The number of H-pyrrole nitrogens is 1. The molecule has 0 aliphatic heterocycles. The second-order valence-electron chi connectivity index (χ2n) is 5.19. The molecule has 0 fully saturated rings. The molecule has 0 spiro atoms. The minimum absolute atomic E-state index is 0.143. The van der Waals surface area contributed by atoms with Gasteiger partial charge in [-0.05, 0) is 31.2 Å². The zero-order valence-electron chi connectivity index (χ0n) is 12.2. The lowest BCUT2D eigenvalue weighted by molar-refractivity contribution is 0.483. The Morgan fingerprint density at radius 1 is 1.21 bits per heavy atom. The summed E-state index contributed by atoms with van der Waals surface area (Å²) in [5, 5.41) is 0. The lowest BCUT2D eigenvalue weighted by atomic mass is 10.2. The van der Waals surface area contributed by atoms with E-state index in [1.54, 1.807) is 6.92 Å². The Hall–Kier alpha value is -2.98. The number of aromatic nitrogens is 4. The second-order valence-corrected chi connectivity index (χ2v) is 6.62. The van der Waals surface area contributed by atoms with Gasteiger partial charge >= 0.3 is 5.84 Å². The quantitative estimate of drug-likeness (QED) is 0.524. The smallest absolute Gasteiger partial charge is 0.311 e. The Bertz CT molecular complexity index is 1250. The normalized spacial score (nSPS) is 12.2. The summed E-state index contributed by atoms with van der Waals surface area (Å²) in [5.74, 6) is 1.04. The first-order chi connectivity index (χ1) is 11.3. The minimum Gasteiger partial charge on any atom is -0.428 e. The van der Waals surface area contributed by atoms with Gasteiger partial charge in [0, 0.05) is 5.56 Å². The Morgan fingerprint density at radius 2 is 1.92 bits per heavy atom. The van der Waals surface area contributed by atoms with Gasteiger partial charge in [0.25, 0.3) is 15.7 Å². The third-order valence-electron chi connectivity index (χ3n) is 3.51. The molecule has 4 aromatic rings. The van der Waals surface area contributed by atoms with Crippen molar-refractivity contribution in [3.8, 4) is 11.4 Å². The van der Waals surface area contributed by atoms with Crippen LogP contribution in [0.15, 0.2) is 44.6 Å². The van der Waals surface area contributed by atoms with E-state index in [1.165, 1.54) is 34.9 Å². The van der Waals surface area contributed by atoms with Gasteiger partial charge in [0.2, 0.25) is 0 Å². The molecule has 10 heteroatoms. The van der Waals surface area contributed by atoms with Crippen LogP contribution in [0.4, 0.5) is 0 Å². The molecular weight excluding hydrogens is 336 g/mol. The maximum Gasteiger partial charge on any atom is 0.311 e. The summed E-state index contributed by atoms with van der Waals surface area (Å²) >= 11 is 0. The van der Waals surface area contributed by atoms with E-state index in [4.69, 9.17) is 8.97 Å². The van der Waals surface area contributed by atoms with Gasteiger partial charge in [-0.15, -0.1) is 0 Å². The van der Waals surface area contributed by atoms with E-state index >= 15 is 0 Å². The van der Waals surface area contributed by atoms with Crippen LogP contribution in [0.1, 0.15) is 5.76 Å². The summed E-state index contributed by atoms with van der Waals surface area (Å²) in [4.78, 5) is 23.5. The summed E-state index contributed by atoms with van der Waals surface area (Å²) in [6.07, 6.45) is 1.53. The van der Waals surface area contributed by atoms with E-state index in [1.807, 2.05) is 0 Å². The SMILES string of the molecule is Cc1cn2c(=O)c3[nH]c(-c4ccc(S(=O)(=O)O)cc4)nc3nc2o1. The maximum absolute atomic E-state index is 12.4. The van der Waals surface area contributed by atoms with Crippen LogP contribution in [0.5, 0.6) is 0 Å². The Balaban J connectivity index is 1.89. The number of aromatic amines is 1. The van der Waals surface area contributed by atoms with E-state index in [2.05, 4.69) is 15.0 Å². The predicted molar refractivity (Wildman–Crippen MR) is 83.4 cm³/mol. The molecular formula is C14H10N4O5S. The Kier molecular flexibility index (Phi) is 2.89. The number of hydrogen-bond acceptors (Lipinski definition) is 6. The van der Waals surface area contributed by atoms with Crippen LogP contribution in [0.3, 0.4) is 0 Å². The van der Waals surface area contributed by atoms with Crippen molar-refractivity contribution in [2.24, 2.45) is 0 Å². The summed E-state index contributed by atoms with van der Waals surface area (Å²) in [7, 11) is -4.26. The topological polar surface area (TPSA) is 131 Å². The minimum atomic E-state index is -4.26. The van der Waals surface area contributed by atoms with Crippen molar-refractivity contribution in [2.75, 3.05) is 0 Å². The highest BCUT2D eigenvalue weighted by molar-refractivity contribution is 7.85. The van der Waals surface area contributed by atoms with Crippen molar-refractivity contribution in [3.63, 3.8) is 0 Å². The van der Waals surface area contributed by atoms with Crippen LogP contribution >= 0.6 is 0 Å². The number of nitrogens with zero attached hydrogens (tertiary/aromatic N) is 3. The molecule has 0 amide bonds. The van der Waals surface area contributed by atoms with Crippen LogP contribution in [0.2, 0.25) is 0 Å². The first-order valence-electron chi connectivity index (χ1n) is 6.79. The lowest BCUT2D eigenvalue weighted by Crippen LogP contribution is -2.12. The van der Waals surface area contributed by atoms with E-state index < -0.39 is 10.1 Å². The molecule has 0 bridgehead atoms. The summed E-state index contributed by atoms with van der Waals surface area (Å²) in [6.45, 7) is 1.71. The van der Waals surface area contributed by atoms with Crippen molar-refractivity contribution in [1.29, 1.82) is 0 Å².